The van der Waals surface area contributed by atoms with Crippen LogP contribution in [0.5, 0.6) is 0 Å². The van der Waals surface area contributed by atoms with Gasteiger partial charge in [0.15, 0.2) is 0 Å². The van der Waals surface area contributed by atoms with Gasteiger partial charge in [-0.2, -0.15) is 0 Å². The SMILES string of the molecule is CCS(=O)(=O)N1CC(C)CC(CBr)C1. The number of hydrogen-bond donors (Lipinski definition) is 0. The fourth-order valence-corrected chi connectivity index (χ4v) is 3.70. The summed E-state index contributed by atoms with van der Waals surface area (Å²) in [6.07, 6.45) is 1.13. The van der Waals surface area contributed by atoms with Gasteiger partial charge in [-0.25, -0.2) is 12.7 Å². The van der Waals surface area contributed by atoms with Gasteiger partial charge in [-0.15, -0.1) is 0 Å². The largest absolute Gasteiger partial charge is 0.213 e. The molecular weight excluding hydrogens is 266 g/mol. The lowest BCUT2D eigenvalue weighted by atomic mass is 9.93. The third-order valence-electron chi connectivity index (χ3n) is 2.69. The van der Waals surface area contributed by atoms with Gasteiger partial charge in [-0.1, -0.05) is 22.9 Å². The quantitative estimate of drug-likeness (QED) is 0.740. The van der Waals surface area contributed by atoms with Crippen LogP contribution in [0.4, 0.5) is 0 Å². The summed E-state index contributed by atoms with van der Waals surface area (Å²) in [6.45, 7) is 5.20. The Morgan fingerprint density at radius 2 is 2.07 bits per heavy atom. The summed E-state index contributed by atoms with van der Waals surface area (Å²) >= 11 is 3.43. The van der Waals surface area contributed by atoms with E-state index in [1.165, 1.54) is 0 Å². The topological polar surface area (TPSA) is 37.4 Å². The summed E-state index contributed by atoms with van der Waals surface area (Å²) in [6, 6.07) is 0. The summed E-state index contributed by atoms with van der Waals surface area (Å²) in [4.78, 5) is 0. The van der Waals surface area contributed by atoms with Crippen LogP contribution in [0.3, 0.4) is 0 Å². The second-order valence-electron chi connectivity index (χ2n) is 4.08. The zero-order valence-electron chi connectivity index (χ0n) is 8.74. The molecule has 3 nitrogen and oxygen atoms in total. The standard InChI is InChI=1S/C9H18BrNO2S/c1-3-14(12,13)11-6-8(2)4-9(5-10)7-11/h8-9H,3-7H2,1-2H3. The maximum absolute atomic E-state index is 11.7. The van der Waals surface area contributed by atoms with Crippen LogP contribution in [0.25, 0.3) is 0 Å². The van der Waals surface area contributed by atoms with Crippen molar-refractivity contribution in [2.24, 2.45) is 11.8 Å². The molecule has 0 aromatic carbocycles. The molecular formula is C9H18BrNO2S. The lowest BCUT2D eigenvalue weighted by Crippen LogP contribution is -2.44. The van der Waals surface area contributed by atoms with Crippen LogP contribution in [-0.2, 0) is 10.0 Å². The van der Waals surface area contributed by atoms with Crippen LogP contribution >= 0.6 is 15.9 Å². The molecule has 14 heavy (non-hydrogen) atoms. The zero-order valence-corrected chi connectivity index (χ0v) is 11.1. The molecule has 0 N–H and O–H groups in total. The molecule has 2 atom stereocenters. The first kappa shape index (κ1) is 12.5. The fourth-order valence-electron chi connectivity index (χ4n) is 1.95. The van der Waals surface area contributed by atoms with E-state index in [1.807, 2.05) is 0 Å². The normalized spacial score (nSPS) is 30.5. The fraction of sp³-hybridized carbons (Fsp3) is 1.00. The van der Waals surface area contributed by atoms with E-state index in [-0.39, 0.29) is 5.75 Å². The van der Waals surface area contributed by atoms with Gasteiger partial charge in [0, 0.05) is 18.4 Å². The molecule has 0 amide bonds. The summed E-state index contributed by atoms with van der Waals surface area (Å²) in [5.74, 6) is 1.17. The van der Waals surface area contributed by atoms with Crippen LogP contribution in [-0.4, -0.2) is 36.9 Å². The van der Waals surface area contributed by atoms with Crippen molar-refractivity contribution in [2.45, 2.75) is 20.3 Å². The lowest BCUT2D eigenvalue weighted by Gasteiger charge is -2.34. The predicted octanol–water partition coefficient (Wildman–Crippen LogP) is 1.69. The Morgan fingerprint density at radius 3 is 2.57 bits per heavy atom. The van der Waals surface area contributed by atoms with Gasteiger partial charge in [0.2, 0.25) is 10.0 Å². The Labute approximate surface area is 95.0 Å². The number of halogens is 1. The highest BCUT2D eigenvalue weighted by Crippen LogP contribution is 2.24. The van der Waals surface area contributed by atoms with Crippen LogP contribution in [0.2, 0.25) is 0 Å². The number of hydrogen-bond acceptors (Lipinski definition) is 2. The Hall–Kier alpha value is 0.390. The maximum atomic E-state index is 11.7. The Kier molecular flexibility index (Phi) is 4.40. The van der Waals surface area contributed by atoms with Crippen LogP contribution in [0, 0.1) is 11.8 Å². The van der Waals surface area contributed by atoms with Crippen LogP contribution in [0.15, 0.2) is 0 Å². The van der Waals surface area contributed by atoms with E-state index in [4.69, 9.17) is 0 Å². The van der Waals surface area contributed by atoms with E-state index < -0.39 is 10.0 Å². The Morgan fingerprint density at radius 1 is 1.43 bits per heavy atom. The molecule has 0 bridgehead atoms. The molecule has 0 aromatic heterocycles. The van der Waals surface area contributed by atoms with Gasteiger partial charge in [-0.3, -0.25) is 0 Å². The van der Waals surface area contributed by atoms with Crippen molar-refractivity contribution < 1.29 is 8.42 Å². The Bertz CT molecular complexity index is 279. The molecule has 1 saturated heterocycles. The molecule has 0 aromatic rings. The molecule has 2 unspecified atom stereocenters. The minimum absolute atomic E-state index is 0.217. The molecule has 1 aliphatic rings. The van der Waals surface area contributed by atoms with Crippen molar-refractivity contribution in [2.75, 3.05) is 24.2 Å². The molecule has 0 radical (unpaired) electrons. The van der Waals surface area contributed by atoms with Gasteiger partial charge in [0.05, 0.1) is 5.75 Å². The van der Waals surface area contributed by atoms with Gasteiger partial charge in [0.1, 0.15) is 0 Å². The van der Waals surface area contributed by atoms with E-state index in [0.717, 1.165) is 11.8 Å². The van der Waals surface area contributed by atoms with Gasteiger partial charge < -0.3 is 0 Å². The molecule has 1 fully saturated rings. The number of alkyl halides is 1. The highest BCUT2D eigenvalue weighted by molar-refractivity contribution is 9.09. The second-order valence-corrected chi connectivity index (χ2v) is 6.98. The van der Waals surface area contributed by atoms with Gasteiger partial charge in [0.25, 0.3) is 0 Å². The maximum Gasteiger partial charge on any atom is 0.213 e. The number of sulfonamides is 1. The minimum atomic E-state index is -2.98. The zero-order chi connectivity index (χ0) is 10.8. The van der Waals surface area contributed by atoms with Crippen molar-refractivity contribution in [3.63, 3.8) is 0 Å². The molecule has 1 rings (SSSR count). The smallest absolute Gasteiger partial charge is 0.212 e. The summed E-state index contributed by atoms with van der Waals surface area (Å²) in [5.41, 5.74) is 0. The molecule has 0 saturated carbocycles. The second kappa shape index (κ2) is 4.94. The van der Waals surface area contributed by atoms with Crippen molar-refractivity contribution in [1.82, 2.24) is 4.31 Å². The van der Waals surface area contributed by atoms with Crippen LogP contribution < -0.4 is 0 Å². The lowest BCUT2D eigenvalue weighted by molar-refractivity contribution is 0.226. The average molecular weight is 284 g/mol. The first-order valence-corrected chi connectivity index (χ1v) is 7.76. The highest BCUT2D eigenvalue weighted by Gasteiger charge is 2.30. The monoisotopic (exact) mass is 283 g/mol. The van der Waals surface area contributed by atoms with Gasteiger partial charge in [-0.05, 0) is 25.2 Å². The van der Waals surface area contributed by atoms with E-state index in [9.17, 15) is 8.42 Å². The number of piperidine rings is 1. The molecule has 1 aliphatic heterocycles. The summed E-state index contributed by atoms with van der Waals surface area (Å²) in [7, 11) is -2.98. The van der Waals surface area contributed by atoms with E-state index >= 15 is 0 Å². The van der Waals surface area contributed by atoms with Crippen molar-refractivity contribution >= 4 is 26.0 Å². The molecule has 84 valence electrons. The van der Waals surface area contributed by atoms with Crippen molar-refractivity contribution in [1.29, 1.82) is 0 Å². The number of nitrogens with zero attached hydrogens (tertiary/aromatic N) is 1. The molecule has 5 heteroatoms. The minimum Gasteiger partial charge on any atom is -0.212 e. The van der Waals surface area contributed by atoms with E-state index in [0.29, 0.717) is 24.9 Å². The van der Waals surface area contributed by atoms with Crippen LogP contribution in [0.1, 0.15) is 20.3 Å². The molecule has 0 spiro atoms. The van der Waals surface area contributed by atoms with E-state index in [2.05, 4.69) is 22.9 Å². The first-order chi connectivity index (χ1) is 6.49. The first-order valence-electron chi connectivity index (χ1n) is 5.03. The third-order valence-corrected chi connectivity index (χ3v) is 5.42. The summed E-state index contributed by atoms with van der Waals surface area (Å²) in [5, 5.41) is 0.896. The highest BCUT2D eigenvalue weighted by atomic mass is 79.9. The van der Waals surface area contributed by atoms with E-state index in [1.54, 1.807) is 11.2 Å². The Balaban J connectivity index is 2.71. The van der Waals surface area contributed by atoms with Crippen molar-refractivity contribution in [3.05, 3.63) is 0 Å². The van der Waals surface area contributed by atoms with Gasteiger partial charge >= 0.3 is 0 Å². The predicted molar refractivity (Wildman–Crippen MR) is 62.1 cm³/mol. The third kappa shape index (κ3) is 2.94. The molecule has 0 aliphatic carbocycles. The average Bonchev–Trinajstić information content (AvgIpc) is 2.16. The molecule has 1 heterocycles. The summed E-state index contributed by atoms with van der Waals surface area (Å²) < 4.78 is 25.0. The van der Waals surface area contributed by atoms with Crippen molar-refractivity contribution in [3.8, 4) is 0 Å². The number of rotatable bonds is 3.